The average molecular weight is 297 g/mol. The molecular weight excluding hydrogens is 274 g/mol. The lowest BCUT2D eigenvalue weighted by atomic mass is 10.1. The van der Waals surface area contributed by atoms with Crippen LogP contribution in [0.1, 0.15) is 29.2 Å². The average Bonchev–Trinajstić information content (AvgIpc) is 2.50. The summed E-state index contributed by atoms with van der Waals surface area (Å²) in [5, 5.41) is 2.91. The third-order valence-electron chi connectivity index (χ3n) is 3.82. The van der Waals surface area contributed by atoms with Crippen LogP contribution in [0, 0.1) is 20.8 Å². The molecule has 0 aliphatic rings. The first kappa shape index (κ1) is 16.1. The molecule has 1 N–H and O–H groups in total. The number of anilines is 1. The smallest absolute Gasteiger partial charge is 0.262 e. The van der Waals surface area contributed by atoms with Gasteiger partial charge >= 0.3 is 0 Å². The zero-order chi connectivity index (χ0) is 16.1. The van der Waals surface area contributed by atoms with Gasteiger partial charge in [0.15, 0.2) is 6.61 Å². The lowest BCUT2D eigenvalue weighted by molar-refractivity contribution is -0.118. The Balaban J connectivity index is 2.00. The summed E-state index contributed by atoms with van der Waals surface area (Å²) >= 11 is 0. The van der Waals surface area contributed by atoms with E-state index in [0.717, 1.165) is 34.5 Å². The maximum Gasteiger partial charge on any atom is 0.262 e. The number of carbonyl (C=O) groups is 1. The summed E-state index contributed by atoms with van der Waals surface area (Å²) in [6.45, 7) is 8.19. The normalized spacial score (nSPS) is 10.4. The molecular formula is C19H23NO2. The highest BCUT2D eigenvalue weighted by atomic mass is 16.5. The number of hydrogen-bond acceptors (Lipinski definition) is 2. The fourth-order valence-electron chi connectivity index (χ4n) is 2.37. The van der Waals surface area contributed by atoms with E-state index in [9.17, 15) is 4.79 Å². The van der Waals surface area contributed by atoms with Gasteiger partial charge in [0.05, 0.1) is 0 Å². The van der Waals surface area contributed by atoms with Crippen molar-refractivity contribution in [2.24, 2.45) is 0 Å². The van der Waals surface area contributed by atoms with Crippen molar-refractivity contribution in [3.8, 4) is 5.75 Å². The van der Waals surface area contributed by atoms with Crippen LogP contribution in [0.15, 0.2) is 36.4 Å². The molecule has 3 heteroatoms. The van der Waals surface area contributed by atoms with E-state index in [4.69, 9.17) is 4.74 Å². The molecule has 0 aromatic heterocycles. The summed E-state index contributed by atoms with van der Waals surface area (Å²) in [5.74, 6) is 0.626. The van der Waals surface area contributed by atoms with Crippen molar-refractivity contribution in [1.82, 2.24) is 0 Å². The summed E-state index contributed by atoms with van der Waals surface area (Å²) in [4.78, 5) is 12.1. The molecule has 0 spiro atoms. The van der Waals surface area contributed by atoms with Crippen molar-refractivity contribution in [3.05, 3.63) is 58.7 Å². The minimum atomic E-state index is -0.140. The second-order valence-corrected chi connectivity index (χ2v) is 5.55. The van der Waals surface area contributed by atoms with Crippen LogP contribution in [0.2, 0.25) is 0 Å². The van der Waals surface area contributed by atoms with Crippen LogP contribution in [0.3, 0.4) is 0 Å². The van der Waals surface area contributed by atoms with E-state index in [-0.39, 0.29) is 12.5 Å². The summed E-state index contributed by atoms with van der Waals surface area (Å²) in [7, 11) is 0. The standard InChI is InChI=1S/C19H23NO2/c1-5-16-8-6-7-9-17(16)20-19(21)12-22-18-11-14(3)13(2)10-15(18)4/h6-11H,5,12H2,1-4H3,(H,20,21). The van der Waals surface area contributed by atoms with E-state index in [1.54, 1.807) is 0 Å². The van der Waals surface area contributed by atoms with Gasteiger partial charge in [0.25, 0.3) is 5.91 Å². The van der Waals surface area contributed by atoms with Crippen molar-refractivity contribution in [3.63, 3.8) is 0 Å². The van der Waals surface area contributed by atoms with Gasteiger partial charge in [-0.2, -0.15) is 0 Å². The van der Waals surface area contributed by atoms with Gasteiger partial charge in [0.2, 0.25) is 0 Å². The van der Waals surface area contributed by atoms with Crippen molar-refractivity contribution >= 4 is 11.6 Å². The maximum absolute atomic E-state index is 12.1. The summed E-state index contributed by atoms with van der Waals surface area (Å²) in [6, 6.07) is 11.9. The number of aryl methyl sites for hydroxylation is 4. The number of hydrogen-bond donors (Lipinski definition) is 1. The number of amides is 1. The minimum Gasteiger partial charge on any atom is -0.483 e. The van der Waals surface area contributed by atoms with E-state index >= 15 is 0 Å². The Bertz CT molecular complexity index is 677. The number of rotatable bonds is 5. The molecule has 0 saturated carbocycles. The van der Waals surface area contributed by atoms with Gasteiger partial charge in [0, 0.05) is 5.69 Å². The minimum absolute atomic E-state index is 0.0153. The fourth-order valence-corrected chi connectivity index (χ4v) is 2.37. The van der Waals surface area contributed by atoms with Gasteiger partial charge in [-0.15, -0.1) is 0 Å². The third kappa shape index (κ3) is 3.88. The highest BCUT2D eigenvalue weighted by molar-refractivity contribution is 5.92. The molecule has 0 atom stereocenters. The summed E-state index contributed by atoms with van der Waals surface area (Å²) in [6.07, 6.45) is 0.883. The maximum atomic E-state index is 12.1. The predicted octanol–water partition coefficient (Wildman–Crippen LogP) is 4.19. The number of para-hydroxylation sites is 1. The lowest BCUT2D eigenvalue weighted by Crippen LogP contribution is -2.21. The van der Waals surface area contributed by atoms with E-state index in [1.807, 2.05) is 44.2 Å². The van der Waals surface area contributed by atoms with Crippen LogP contribution >= 0.6 is 0 Å². The number of carbonyl (C=O) groups excluding carboxylic acids is 1. The first-order valence-corrected chi connectivity index (χ1v) is 7.59. The Morgan fingerprint density at radius 1 is 1.05 bits per heavy atom. The van der Waals surface area contributed by atoms with Gasteiger partial charge in [0.1, 0.15) is 5.75 Å². The van der Waals surface area contributed by atoms with Crippen molar-refractivity contribution in [1.29, 1.82) is 0 Å². The molecule has 1 amide bonds. The first-order valence-electron chi connectivity index (χ1n) is 7.59. The number of benzene rings is 2. The lowest BCUT2D eigenvalue weighted by Gasteiger charge is -2.13. The Labute approximate surface area is 132 Å². The van der Waals surface area contributed by atoms with Gasteiger partial charge in [-0.05, 0) is 61.6 Å². The van der Waals surface area contributed by atoms with Crippen LogP contribution in [-0.4, -0.2) is 12.5 Å². The predicted molar refractivity (Wildman–Crippen MR) is 90.6 cm³/mol. The van der Waals surface area contributed by atoms with Crippen molar-refractivity contribution in [2.45, 2.75) is 34.1 Å². The SMILES string of the molecule is CCc1ccccc1NC(=O)COc1cc(C)c(C)cc1C. The largest absolute Gasteiger partial charge is 0.483 e. The molecule has 0 aliphatic carbocycles. The van der Waals surface area contributed by atoms with Crippen molar-refractivity contribution < 1.29 is 9.53 Å². The Morgan fingerprint density at radius 2 is 1.73 bits per heavy atom. The van der Waals surface area contributed by atoms with E-state index in [0.29, 0.717) is 0 Å². The van der Waals surface area contributed by atoms with Gasteiger partial charge in [-0.3, -0.25) is 4.79 Å². The quantitative estimate of drug-likeness (QED) is 0.898. The van der Waals surface area contributed by atoms with Crippen LogP contribution in [-0.2, 0) is 11.2 Å². The molecule has 0 radical (unpaired) electrons. The molecule has 0 heterocycles. The van der Waals surface area contributed by atoms with Gasteiger partial charge < -0.3 is 10.1 Å². The molecule has 0 bridgehead atoms. The van der Waals surface area contributed by atoms with E-state index in [1.165, 1.54) is 5.56 Å². The zero-order valence-electron chi connectivity index (χ0n) is 13.7. The summed E-state index contributed by atoms with van der Waals surface area (Å²) in [5.41, 5.74) is 5.42. The monoisotopic (exact) mass is 297 g/mol. The third-order valence-corrected chi connectivity index (χ3v) is 3.82. The molecule has 0 aliphatic heterocycles. The molecule has 3 nitrogen and oxygen atoms in total. The van der Waals surface area contributed by atoms with Gasteiger partial charge in [-0.25, -0.2) is 0 Å². The molecule has 22 heavy (non-hydrogen) atoms. The van der Waals surface area contributed by atoms with Crippen LogP contribution in [0.4, 0.5) is 5.69 Å². The summed E-state index contributed by atoms with van der Waals surface area (Å²) < 4.78 is 5.67. The van der Waals surface area contributed by atoms with Crippen LogP contribution < -0.4 is 10.1 Å². The molecule has 2 rings (SSSR count). The van der Waals surface area contributed by atoms with Crippen molar-refractivity contribution in [2.75, 3.05) is 11.9 Å². The number of nitrogens with one attached hydrogen (secondary N) is 1. The highest BCUT2D eigenvalue weighted by Crippen LogP contribution is 2.22. The molecule has 2 aromatic rings. The molecule has 0 saturated heterocycles. The first-order chi connectivity index (χ1) is 10.5. The second-order valence-electron chi connectivity index (χ2n) is 5.55. The van der Waals surface area contributed by atoms with Crippen LogP contribution in [0.5, 0.6) is 5.75 Å². The Kier molecular flexibility index (Phi) is 5.21. The second kappa shape index (κ2) is 7.12. The van der Waals surface area contributed by atoms with E-state index in [2.05, 4.69) is 25.2 Å². The van der Waals surface area contributed by atoms with Crippen LogP contribution in [0.25, 0.3) is 0 Å². The van der Waals surface area contributed by atoms with Gasteiger partial charge in [-0.1, -0.05) is 31.2 Å². The highest BCUT2D eigenvalue weighted by Gasteiger charge is 2.08. The molecule has 0 fully saturated rings. The Hall–Kier alpha value is -2.29. The fraction of sp³-hybridized carbons (Fsp3) is 0.316. The Morgan fingerprint density at radius 3 is 2.45 bits per heavy atom. The zero-order valence-corrected chi connectivity index (χ0v) is 13.7. The number of ether oxygens (including phenoxy) is 1. The topological polar surface area (TPSA) is 38.3 Å². The molecule has 116 valence electrons. The van der Waals surface area contributed by atoms with E-state index < -0.39 is 0 Å². The molecule has 2 aromatic carbocycles. The molecule has 0 unspecified atom stereocenters.